The Kier molecular flexibility index (Phi) is 4.77. The summed E-state index contributed by atoms with van der Waals surface area (Å²) in [5.41, 5.74) is 5.19. The Hall–Kier alpha value is -2.92. The van der Waals surface area contributed by atoms with Crippen LogP contribution in [0.2, 0.25) is 0 Å². The van der Waals surface area contributed by atoms with E-state index in [9.17, 15) is 4.79 Å². The Morgan fingerprint density at radius 1 is 1.07 bits per heavy atom. The van der Waals surface area contributed by atoms with Crippen LogP contribution in [0.4, 0.5) is 5.69 Å². The standard InChI is InChI=1S/C22H17BrN2O2/c1-14-9-10-20-19(11-14)25-22(27-20)16-6-4-7-17(12-16)24-21(26)13-15-5-2-3-8-18(15)23/h2-12H,13H2,1H3,(H,24,26). The van der Waals surface area contributed by atoms with Gasteiger partial charge in [0.05, 0.1) is 6.42 Å². The number of rotatable bonds is 4. The van der Waals surface area contributed by atoms with Gasteiger partial charge >= 0.3 is 0 Å². The molecule has 3 aromatic carbocycles. The number of nitrogens with zero attached hydrogens (tertiary/aromatic N) is 1. The highest BCUT2D eigenvalue weighted by Gasteiger charge is 2.11. The van der Waals surface area contributed by atoms with E-state index in [1.165, 1.54) is 0 Å². The summed E-state index contributed by atoms with van der Waals surface area (Å²) in [6.07, 6.45) is 0.299. The van der Waals surface area contributed by atoms with E-state index in [0.717, 1.165) is 32.3 Å². The van der Waals surface area contributed by atoms with E-state index in [-0.39, 0.29) is 5.91 Å². The third kappa shape index (κ3) is 3.93. The molecule has 5 heteroatoms. The van der Waals surface area contributed by atoms with Gasteiger partial charge in [0.15, 0.2) is 5.58 Å². The van der Waals surface area contributed by atoms with Crippen molar-refractivity contribution in [1.82, 2.24) is 4.98 Å². The summed E-state index contributed by atoms with van der Waals surface area (Å²) in [5.74, 6) is 0.463. The maximum Gasteiger partial charge on any atom is 0.228 e. The number of fused-ring (bicyclic) bond motifs is 1. The summed E-state index contributed by atoms with van der Waals surface area (Å²) >= 11 is 3.47. The van der Waals surface area contributed by atoms with Crippen molar-refractivity contribution < 1.29 is 9.21 Å². The van der Waals surface area contributed by atoms with E-state index in [1.807, 2.05) is 73.7 Å². The predicted molar refractivity (Wildman–Crippen MR) is 111 cm³/mol. The molecule has 27 heavy (non-hydrogen) atoms. The van der Waals surface area contributed by atoms with Gasteiger partial charge in [-0.25, -0.2) is 4.98 Å². The van der Waals surface area contributed by atoms with Crippen LogP contribution < -0.4 is 5.32 Å². The minimum absolute atomic E-state index is 0.0766. The first-order valence-electron chi connectivity index (χ1n) is 8.59. The number of oxazole rings is 1. The van der Waals surface area contributed by atoms with Gasteiger partial charge in [-0.3, -0.25) is 4.79 Å². The summed E-state index contributed by atoms with van der Waals surface area (Å²) in [7, 11) is 0. The van der Waals surface area contributed by atoms with Crippen molar-refractivity contribution in [2.24, 2.45) is 0 Å². The molecule has 1 heterocycles. The van der Waals surface area contributed by atoms with E-state index < -0.39 is 0 Å². The van der Waals surface area contributed by atoms with Crippen LogP contribution in [0.3, 0.4) is 0 Å². The maximum absolute atomic E-state index is 12.4. The van der Waals surface area contributed by atoms with Crippen LogP contribution in [0.5, 0.6) is 0 Å². The van der Waals surface area contributed by atoms with Crippen LogP contribution in [0.1, 0.15) is 11.1 Å². The van der Waals surface area contributed by atoms with Gasteiger partial charge < -0.3 is 9.73 Å². The summed E-state index contributed by atoms with van der Waals surface area (Å²) in [4.78, 5) is 16.9. The van der Waals surface area contributed by atoms with Crippen molar-refractivity contribution in [3.8, 4) is 11.5 Å². The Morgan fingerprint density at radius 2 is 1.93 bits per heavy atom. The van der Waals surface area contributed by atoms with Crippen molar-refractivity contribution in [2.75, 3.05) is 5.32 Å². The van der Waals surface area contributed by atoms with E-state index in [2.05, 4.69) is 26.2 Å². The van der Waals surface area contributed by atoms with E-state index in [0.29, 0.717) is 18.0 Å². The number of carbonyl (C=O) groups excluding carboxylic acids is 1. The molecule has 134 valence electrons. The lowest BCUT2D eigenvalue weighted by Gasteiger charge is -2.07. The second kappa shape index (κ2) is 7.37. The van der Waals surface area contributed by atoms with Crippen molar-refractivity contribution in [3.05, 3.63) is 82.3 Å². The number of carbonyl (C=O) groups is 1. The molecule has 0 fully saturated rings. The predicted octanol–water partition coefficient (Wildman–Crippen LogP) is 5.75. The first-order valence-corrected chi connectivity index (χ1v) is 9.39. The van der Waals surface area contributed by atoms with Gasteiger partial charge in [-0.05, 0) is 54.4 Å². The van der Waals surface area contributed by atoms with Crippen molar-refractivity contribution >= 4 is 38.6 Å². The number of nitrogens with one attached hydrogen (secondary N) is 1. The van der Waals surface area contributed by atoms with Crippen molar-refractivity contribution in [1.29, 1.82) is 0 Å². The zero-order chi connectivity index (χ0) is 18.8. The number of hydrogen-bond acceptors (Lipinski definition) is 3. The lowest BCUT2D eigenvalue weighted by Crippen LogP contribution is -2.14. The normalized spacial score (nSPS) is 10.9. The lowest BCUT2D eigenvalue weighted by molar-refractivity contribution is -0.115. The third-order valence-electron chi connectivity index (χ3n) is 4.25. The Bertz CT molecular complexity index is 1130. The molecule has 0 aliphatic carbocycles. The summed E-state index contributed by atoms with van der Waals surface area (Å²) in [6.45, 7) is 2.02. The molecule has 4 aromatic rings. The smallest absolute Gasteiger partial charge is 0.228 e. The highest BCUT2D eigenvalue weighted by Crippen LogP contribution is 2.27. The molecule has 4 nitrogen and oxygen atoms in total. The molecule has 1 amide bonds. The fraction of sp³-hybridized carbons (Fsp3) is 0.0909. The number of hydrogen-bond donors (Lipinski definition) is 1. The molecule has 0 atom stereocenters. The summed E-state index contributed by atoms with van der Waals surface area (Å²) < 4.78 is 6.78. The summed E-state index contributed by atoms with van der Waals surface area (Å²) in [6, 6.07) is 21.1. The first kappa shape index (κ1) is 17.5. The molecule has 0 radical (unpaired) electrons. The molecule has 0 aliphatic rings. The van der Waals surface area contributed by atoms with Gasteiger partial charge in [-0.1, -0.05) is 46.3 Å². The first-order chi connectivity index (χ1) is 13.1. The number of amides is 1. The topological polar surface area (TPSA) is 55.1 Å². The Balaban J connectivity index is 1.55. The molecule has 0 saturated heterocycles. The molecule has 1 aromatic heterocycles. The SMILES string of the molecule is Cc1ccc2oc(-c3cccc(NC(=O)Cc4ccccc4Br)c3)nc2c1. The highest BCUT2D eigenvalue weighted by molar-refractivity contribution is 9.10. The van der Waals surface area contributed by atoms with Gasteiger partial charge in [0.2, 0.25) is 11.8 Å². The fourth-order valence-corrected chi connectivity index (χ4v) is 3.34. The van der Waals surface area contributed by atoms with Crippen molar-refractivity contribution in [2.45, 2.75) is 13.3 Å². The van der Waals surface area contributed by atoms with E-state index in [1.54, 1.807) is 0 Å². The number of anilines is 1. The summed E-state index contributed by atoms with van der Waals surface area (Å²) in [5, 5.41) is 2.94. The van der Waals surface area contributed by atoms with E-state index in [4.69, 9.17) is 4.42 Å². The minimum atomic E-state index is -0.0766. The molecule has 0 bridgehead atoms. The Labute approximate surface area is 165 Å². The average molecular weight is 421 g/mol. The van der Waals surface area contributed by atoms with Crippen LogP contribution in [-0.4, -0.2) is 10.9 Å². The zero-order valence-electron chi connectivity index (χ0n) is 14.7. The van der Waals surface area contributed by atoms with Crippen LogP contribution in [0.25, 0.3) is 22.6 Å². The van der Waals surface area contributed by atoms with Gasteiger partial charge in [0.25, 0.3) is 0 Å². The van der Waals surface area contributed by atoms with Crippen LogP contribution in [0, 0.1) is 6.92 Å². The molecular weight excluding hydrogens is 404 g/mol. The van der Waals surface area contributed by atoms with E-state index >= 15 is 0 Å². The number of halogens is 1. The van der Waals surface area contributed by atoms with Crippen LogP contribution in [0.15, 0.2) is 75.6 Å². The molecule has 0 spiro atoms. The number of aromatic nitrogens is 1. The molecule has 0 saturated carbocycles. The Morgan fingerprint density at radius 3 is 2.78 bits per heavy atom. The van der Waals surface area contributed by atoms with Crippen LogP contribution in [-0.2, 0) is 11.2 Å². The monoisotopic (exact) mass is 420 g/mol. The van der Waals surface area contributed by atoms with Gasteiger partial charge in [0, 0.05) is 15.7 Å². The second-order valence-corrected chi connectivity index (χ2v) is 7.24. The molecule has 1 N–H and O–H groups in total. The largest absolute Gasteiger partial charge is 0.436 e. The molecule has 0 aliphatic heterocycles. The van der Waals surface area contributed by atoms with Gasteiger partial charge in [-0.2, -0.15) is 0 Å². The second-order valence-electron chi connectivity index (χ2n) is 6.39. The fourth-order valence-electron chi connectivity index (χ4n) is 2.91. The quantitative estimate of drug-likeness (QED) is 0.457. The molecule has 0 unspecified atom stereocenters. The van der Waals surface area contributed by atoms with Crippen molar-refractivity contribution in [3.63, 3.8) is 0 Å². The van der Waals surface area contributed by atoms with Crippen LogP contribution >= 0.6 is 15.9 Å². The number of aryl methyl sites for hydroxylation is 1. The lowest BCUT2D eigenvalue weighted by atomic mass is 10.1. The van der Waals surface area contributed by atoms with Gasteiger partial charge in [0.1, 0.15) is 5.52 Å². The molecule has 4 rings (SSSR count). The van der Waals surface area contributed by atoms with Gasteiger partial charge in [-0.15, -0.1) is 0 Å². The minimum Gasteiger partial charge on any atom is -0.436 e. The molecular formula is C22H17BrN2O2. The average Bonchev–Trinajstić information content (AvgIpc) is 3.07. The third-order valence-corrected chi connectivity index (χ3v) is 5.02. The maximum atomic E-state index is 12.4. The highest BCUT2D eigenvalue weighted by atomic mass is 79.9. The number of benzene rings is 3. The zero-order valence-corrected chi connectivity index (χ0v) is 16.3.